The van der Waals surface area contributed by atoms with Crippen molar-refractivity contribution in [3.63, 3.8) is 0 Å². The summed E-state index contributed by atoms with van der Waals surface area (Å²) < 4.78 is 17.5. The van der Waals surface area contributed by atoms with Crippen LogP contribution in [0.2, 0.25) is 0 Å². The van der Waals surface area contributed by atoms with Crippen molar-refractivity contribution in [3.8, 4) is 0 Å². The molecule has 0 spiro atoms. The number of rotatable bonds is 3. The number of ether oxygens (including phenoxy) is 3. The summed E-state index contributed by atoms with van der Waals surface area (Å²) in [4.78, 5) is 12.5. The van der Waals surface area contributed by atoms with Gasteiger partial charge >= 0.3 is 5.97 Å². The van der Waals surface area contributed by atoms with E-state index >= 15 is 0 Å². The normalized spacial score (nSPS) is 33.9. The third-order valence-electron chi connectivity index (χ3n) is 6.78. The quantitative estimate of drug-likeness (QED) is 0.437. The maximum Gasteiger partial charge on any atom is 0.330 e. The molecule has 35 heavy (non-hydrogen) atoms. The van der Waals surface area contributed by atoms with Gasteiger partial charge < -0.3 is 24.4 Å². The highest BCUT2D eigenvalue weighted by molar-refractivity contribution is 5.82. The van der Waals surface area contributed by atoms with Crippen LogP contribution < -0.4 is 0 Å². The number of esters is 1. The predicted octanol–water partition coefficient (Wildman–Crippen LogP) is 4.87. The van der Waals surface area contributed by atoms with Crippen LogP contribution >= 0.6 is 0 Å². The fraction of sp³-hybridized carbons (Fsp3) is 0.621. The smallest absolute Gasteiger partial charge is 0.330 e. The minimum absolute atomic E-state index is 0.0565. The number of fused-ring (bicyclic) bond motifs is 2. The van der Waals surface area contributed by atoms with Crippen LogP contribution in [-0.2, 0) is 19.0 Å². The molecule has 3 rings (SSSR count). The van der Waals surface area contributed by atoms with Gasteiger partial charge in [0.05, 0.1) is 31.0 Å². The largest absolute Gasteiger partial charge is 0.456 e. The van der Waals surface area contributed by atoms with Gasteiger partial charge in [0.15, 0.2) is 0 Å². The van der Waals surface area contributed by atoms with Gasteiger partial charge in [-0.2, -0.15) is 0 Å². The Labute approximate surface area is 210 Å². The molecule has 3 aliphatic heterocycles. The molecule has 6 heteroatoms. The first-order chi connectivity index (χ1) is 16.9. The van der Waals surface area contributed by atoms with Crippen molar-refractivity contribution in [1.82, 2.24) is 0 Å². The molecule has 0 radical (unpaired) electrons. The zero-order chi connectivity index (χ0) is 25.0. The molecule has 0 saturated carbocycles. The van der Waals surface area contributed by atoms with E-state index in [1.165, 1.54) is 11.6 Å². The van der Waals surface area contributed by atoms with E-state index in [1.54, 1.807) is 12.2 Å². The molecule has 2 bridgehead atoms. The van der Waals surface area contributed by atoms with E-state index in [0.717, 1.165) is 37.7 Å². The Morgan fingerprint density at radius 2 is 2.00 bits per heavy atom. The Morgan fingerprint density at radius 3 is 2.83 bits per heavy atom. The van der Waals surface area contributed by atoms with E-state index in [4.69, 9.17) is 14.2 Å². The number of carbonyl (C=O) groups is 1. The van der Waals surface area contributed by atoms with Gasteiger partial charge in [-0.3, -0.25) is 0 Å². The first-order valence-corrected chi connectivity index (χ1v) is 13.1. The fourth-order valence-electron chi connectivity index (χ4n) is 4.77. The minimum Gasteiger partial charge on any atom is -0.456 e. The SMILES string of the molecule is C=C1CCCC2CC=C[C@@H](C/C=C\C(=O)OC(C(O)/C=C/C3CC(C)=CCO3)CCCC(O)C1)O2. The van der Waals surface area contributed by atoms with Crippen LogP contribution in [0.25, 0.3) is 0 Å². The van der Waals surface area contributed by atoms with E-state index in [1.807, 2.05) is 12.2 Å². The Hall–Kier alpha value is -1.99. The van der Waals surface area contributed by atoms with Crippen LogP contribution in [0.4, 0.5) is 0 Å². The molecule has 6 atom stereocenters. The summed E-state index contributed by atoms with van der Waals surface area (Å²) in [6, 6.07) is 0. The second-order valence-corrected chi connectivity index (χ2v) is 10.0. The average Bonchev–Trinajstić information content (AvgIpc) is 2.81. The lowest BCUT2D eigenvalue weighted by Gasteiger charge is -2.26. The van der Waals surface area contributed by atoms with E-state index in [0.29, 0.717) is 38.7 Å². The monoisotopic (exact) mass is 486 g/mol. The number of cyclic esters (lactones) is 1. The topological polar surface area (TPSA) is 85.2 Å². The molecule has 0 amide bonds. The Kier molecular flexibility index (Phi) is 11.5. The lowest BCUT2D eigenvalue weighted by atomic mass is 9.97. The zero-order valence-electron chi connectivity index (χ0n) is 21.0. The standard InChI is InChI=1S/C29H42O6/c1-21-7-3-9-24-10-5-11-25(34-24)12-6-14-29(32)35-28(13-4-8-23(30)19-21)27(31)16-15-26-20-22(2)17-18-33-26/h5-6,11,14-17,23-28,30-31H,1,3-4,7-10,12-13,18-20H2,2H3/b14-6-,16-15+/t23?,24?,25-,26?,27?,28?/m0/s1. The molecule has 0 aromatic rings. The molecule has 0 aromatic carbocycles. The lowest BCUT2D eigenvalue weighted by Crippen LogP contribution is -2.30. The maximum atomic E-state index is 12.5. The van der Waals surface area contributed by atoms with Gasteiger partial charge in [0.25, 0.3) is 0 Å². The number of hydrogen-bond acceptors (Lipinski definition) is 6. The van der Waals surface area contributed by atoms with Crippen molar-refractivity contribution in [3.05, 3.63) is 60.3 Å². The summed E-state index contributed by atoms with van der Waals surface area (Å²) in [5.41, 5.74) is 2.30. The molecule has 6 nitrogen and oxygen atoms in total. The summed E-state index contributed by atoms with van der Waals surface area (Å²) >= 11 is 0. The zero-order valence-corrected chi connectivity index (χ0v) is 21.0. The van der Waals surface area contributed by atoms with Crippen molar-refractivity contribution < 1.29 is 29.2 Å². The summed E-state index contributed by atoms with van der Waals surface area (Å²) in [6.45, 7) is 6.77. The molecule has 0 aromatic heterocycles. The third-order valence-corrected chi connectivity index (χ3v) is 6.78. The van der Waals surface area contributed by atoms with Crippen LogP contribution in [0.3, 0.4) is 0 Å². The van der Waals surface area contributed by atoms with Crippen molar-refractivity contribution in [1.29, 1.82) is 0 Å². The number of aliphatic hydroxyl groups excluding tert-OH is 2. The fourth-order valence-corrected chi connectivity index (χ4v) is 4.77. The molecule has 3 aliphatic rings. The van der Waals surface area contributed by atoms with Gasteiger partial charge in [0.2, 0.25) is 0 Å². The lowest BCUT2D eigenvalue weighted by molar-refractivity contribution is -0.147. The van der Waals surface area contributed by atoms with Crippen LogP contribution in [-0.4, -0.2) is 59.4 Å². The van der Waals surface area contributed by atoms with Crippen LogP contribution in [0.5, 0.6) is 0 Å². The Morgan fingerprint density at radius 1 is 1.14 bits per heavy atom. The highest BCUT2D eigenvalue weighted by atomic mass is 16.6. The molecule has 2 N–H and O–H groups in total. The number of hydrogen-bond donors (Lipinski definition) is 2. The Bertz CT molecular complexity index is 810. The first-order valence-electron chi connectivity index (χ1n) is 13.1. The van der Waals surface area contributed by atoms with Crippen molar-refractivity contribution in [2.45, 2.75) is 108 Å². The van der Waals surface area contributed by atoms with Gasteiger partial charge in [-0.15, -0.1) is 0 Å². The van der Waals surface area contributed by atoms with Gasteiger partial charge in [-0.25, -0.2) is 4.79 Å². The predicted molar refractivity (Wildman–Crippen MR) is 137 cm³/mol. The number of aliphatic hydroxyl groups is 2. The van der Waals surface area contributed by atoms with Gasteiger partial charge in [-0.05, 0) is 71.1 Å². The highest BCUT2D eigenvalue weighted by Gasteiger charge is 2.23. The van der Waals surface area contributed by atoms with E-state index in [2.05, 4.69) is 25.7 Å². The van der Waals surface area contributed by atoms with E-state index < -0.39 is 24.3 Å². The van der Waals surface area contributed by atoms with Gasteiger partial charge in [-0.1, -0.05) is 54.2 Å². The molecule has 3 heterocycles. The van der Waals surface area contributed by atoms with Crippen LogP contribution in [0.1, 0.15) is 71.1 Å². The highest BCUT2D eigenvalue weighted by Crippen LogP contribution is 2.23. The van der Waals surface area contributed by atoms with Crippen molar-refractivity contribution >= 4 is 5.97 Å². The first kappa shape index (κ1) is 27.6. The number of carbonyl (C=O) groups excluding carboxylic acids is 1. The summed E-state index contributed by atoms with van der Waals surface area (Å²) in [5, 5.41) is 21.3. The van der Waals surface area contributed by atoms with E-state index in [-0.39, 0.29) is 18.3 Å². The summed E-state index contributed by atoms with van der Waals surface area (Å²) in [7, 11) is 0. The second kappa shape index (κ2) is 14.5. The van der Waals surface area contributed by atoms with Gasteiger partial charge in [0.1, 0.15) is 12.2 Å². The molecule has 5 unspecified atom stereocenters. The molecular weight excluding hydrogens is 444 g/mol. The minimum atomic E-state index is -0.953. The summed E-state index contributed by atoms with van der Waals surface area (Å²) in [6.07, 6.45) is 18.1. The van der Waals surface area contributed by atoms with Gasteiger partial charge in [0, 0.05) is 6.08 Å². The molecule has 0 saturated heterocycles. The third kappa shape index (κ3) is 10.3. The molecule has 0 aliphatic carbocycles. The van der Waals surface area contributed by atoms with Crippen LogP contribution in [0.15, 0.2) is 60.3 Å². The summed E-state index contributed by atoms with van der Waals surface area (Å²) in [5.74, 6) is -0.485. The Balaban J connectivity index is 1.64. The van der Waals surface area contributed by atoms with Crippen molar-refractivity contribution in [2.24, 2.45) is 0 Å². The van der Waals surface area contributed by atoms with Crippen LogP contribution in [0, 0.1) is 0 Å². The molecular formula is C29H42O6. The molecule has 194 valence electrons. The van der Waals surface area contributed by atoms with Crippen molar-refractivity contribution in [2.75, 3.05) is 6.61 Å². The second-order valence-electron chi connectivity index (χ2n) is 10.0. The maximum absolute atomic E-state index is 12.5. The average molecular weight is 487 g/mol. The van der Waals surface area contributed by atoms with E-state index in [9.17, 15) is 15.0 Å². The molecule has 0 fully saturated rings.